The average molecular weight is 612 g/mol. The number of rotatable bonds is 9. The molecule has 2 N–H and O–H groups in total. The Labute approximate surface area is 254 Å². The number of nitrogens with zero attached hydrogens (tertiary/aromatic N) is 2. The van der Waals surface area contributed by atoms with E-state index in [2.05, 4.69) is 22.3 Å². The first kappa shape index (κ1) is 31.6. The SMILES string of the molecule is CN(Cc1ccccc1)C[C@@H]1C[C@H](c2ccc(CO)cc2)O[C@H](c2cccc(NC(=O)[C@@H]3CCCN3C(=O)C(F)(F)F)c2)O1. The Morgan fingerprint density at radius 1 is 0.977 bits per heavy atom. The highest BCUT2D eigenvalue weighted by Crippen LogP contribution is 2.39. The normalized spacial score (nSPS) is 22.3. The van der Waals surface area contributed by atoms with Crippen molar-refractivity contribution in [2.75, 3.05) is 25.5 Å². The van der Waals surface area contributed by atoms with Gasteiger partial charge in [-0.2, -0.15) is 13.2 Å². The molecule has 3 aromatic rings. The van der Waals surface area contributed by atoms with Gasteiger partial charge in [-0.15, -0.1) is 0 Å². The van der Waals surface area contributed by atoms with Gasteiger partial charge in [0.05, 0.1) is 18.8 Å². The summed E-state index contributed by atoms with van der Waals surface area (Å²) in [6, 6.07) is 23.3. The van der Waals surface area contributed by atoms with Crippen molar-refractivity contribution in [3.63, 3.8) is 0 Å². The van der Waals surface area contributed by atoms with Crippen molar-refractivity contribution in [2.45, 2.75) is 63.1 Å². The van der Waals surface area contributed by atoms with Gasteiger partial charge in [-0.1, -0.05) is 66.7 Å². The Morgan fingerprint density at radius 2 is 1.73 bits per heavy atom. The molecule has 0 aromatic heterocycles. The van der Waals surface area contributed by atoms with E-state index in [1.807, 2.05) is 49.5 Å². The largest absolute Gasteiger partial charge is 0.471 e. The van der Waals surface area contributed by atoms with E-state index in [4.69, 9.17) is 9.47 Å². The zero-order valence-electron chi connectivity index (χ0n) is 24.4. The average Bonchev–Trinajstić information content (AvgIpc) is 3.51. The number of likely N-dealkylation sites (N-methyl/N-ethyl adjacent to an activating group) is 1. The van der Waals surface area contributed by atoms with Crippen LogP contribution >= 0.6 is 0 Å². The monoisotopic (exact) mass is 611 g/mol. The minimum Gasteiger partial charge on any atom is -0.392 e. The number of nitrogens with one attached hydrogen (secondary N) is 1. The summed E-state index contributed by atoms with van der Waals surface area (Å²) in [7, 11) is 2.03. The number of carbonyl (C=O) groups is 2. The lowest BCUT2D eigenvalue weighted by atomic mass is 9.99. The Bertz CT molecular complexity index is 1420. The van der Waals surface area contributed by atoms with E-state index in [1.54, 1.807) is 24.3 Å². The van der Waals surface area contributed by atoms with Crippen LogP contribution in [0.5, 0.6) is 0 Å². The Hall–Kier alpha value is -3.77. The molecule has 5 rings (SSSR count). The summed E-state index contributed by atoms with van der Waals surface area (Å²) in [5, 5.41) is 12.2. The third-order valence-electron chi connectivity index (χ3n) is 7.91. The number of carbonyl (C=O) groups excluding carboxylic acids is 2. The summed E-state index contributed by atoms with van der Waals surface area (Å²) in [5.74, 6) is -2.68. The molecule has 4 atom stereocenters. The predicted octanol–water partition coefficient (Wildman–Crippen LogP) is 5.35. The highest BCUT2D eigenvalue weighted by Gasteiger charge is 2.47. The van der Waals surface area contributed by atoms with Crippen LogP contribution in [0.4, 0.5) is 18.9 Å². The van der Waals surface area contributed by atoms with Crippen molar-refractivity contribution in [1.82, 2.24) is 9.80 Å². The zero-order chi connectivity index (χ0) is 31.3. The third-order valence-corrected chi connectivity index (χ3v) is 7.91. The van der Waals surface area contributed by atoms with Crippen LogP contribution in [0.3, 0.4) is 0 Å². The van der Waals surface area contributed by atoms with Crippen molar-refractivity contribution in [3.05, 3.63) is 101 Å². The van der Waals surface area contributed by atoms with Gasteiger partial charge < -0.3 is 24.8 Å². The number of hydrogen-bond donors (Lipinski definition) is 2. The summed E-state index contributed by atoms with van der Waals surface area (Å²) in [5.41, 5.74) is 3.89. The highest BCUT2D eigenvalue weighted by molar-refractivity contribution is 5.98. The van der Waals surface area contributed by atoms with Crippen molar-refractivity contribution in [1.29, 1.82) is 0 Å². The van der Waals surface area contributed by atoms with Gasteiger partial charge in [-0.3, -0.25) is 14.5 Å². The van der Waals surface area contributed by atoms with Crippen LogP contribution in [0.2, 0.25) is 0 Å². The molecule has 2 aliphatic rings. The molecule has 3 aromatic carbocycles. The molecule has 0 bridgehead atoms. The number of aliphatic hydroxyl groups excluding tert-OH is 1. The zero-order valence-corrected chi connectivity index (χ0v) is 24.4. The summed E-state index contributed by atoms with van der Waals surface area (Å²) in [4.78, 5) is 27.6. The molecule has 44 heavy (non-hydrogen) atoms. The molecule has 2 fully saturated rings. The molecule has 0 aliphatic carbocycles. The van der Waals surface area contributed by atoms with E-state index in [-0.39, 0.29) is 31.8 Å². The summed E-state index contributed by atoms with van der Waals surface area (Å²) in [6.45, 7) is 1.17. The highest BCUT2D eigenvalue weighted by atomic mass is 19.4. The number of aliphatic hydroxyl groups is 1. The summed E-state index contributed by atoms with van der Waals surface area (Å²) >= 11 is 0. The van der Waals surface area contributed by atoms with Crippen molar-refractivity contribution in [2.24, 2.45) is 0 Å². The molecule has 0 saturated carbocycles. The second-order valence-corrected chi connectivity index (χ2v) is 11.3. The molecule has 2 heterocycles. The number of amides is 2. The second kappa shape index (κ2) is 13.9. The molecule has 0 radical (unpaired) electrons. The van der Waals surface area contributed by atoms with Gasteiger partial charge in [0.25, 0.3) is 0 Å². The molecule has 234 valence electrons. The van der Waals surface area contributed by atoms with E-state index < -0.39 is 30.3 Å². The van der Waals surface area contributed by atoms with Gasteiger partial charge in [0.2, 0.25) is 5.91 Å². The van der Waals surface area contributed by atoms with Gasteiger partial charge >= 0.3 is 12.1 Å². The van der Waals surface area contributed by atoms with Gasteiger partial charge in [0.1, 0.15) is 6.04 Å². The van der Waals surface area contributed by atoms with Crippen molar-refractivity contribution in [3.8, 4) is 0 Å². The lowest BCUT2D eigenvalue weighted by Crippen LogP contribution is -2.48. The van der Waals surface area contributed by atoms with Crippen molar-refractivity contribution < 1.29 is 37.3 Å². The predicted molar refractivity (Wildman–Crippen MR) is 157 cm³/mol. The van der Waals surface area contributed by atoms with E-state index in [0.717, 1.165) is 17.7 Å². The number of ether oxygens (including phenoxy) is 2. The fraction of sp³-hybridized carbons (Fsp3) is 0.394. The summed E-state index contributed by atoms with van der Waals surface area (Å²) < 4.78 is 52.1. The van der Waals surface area contributed by atoms with Crippen molar-refractivity contribution >= 4 is 17.5 Å². The third kappa shape index (κ3) is 7.84. The first-order valence-electron chi connectivity index (χ1n) is 14.6. The molecule has 0 unspecified atom stereocenters. The molecule has 2 aliphatic heterocycles. The second-order valence-electron chi connectivity index (χ2n) is 11.3. The van der Waals surface area contributed by atoms with E-state index in [1.165, 1.54) is 5.56 Å². The minimum absolute atomic E-state index is 0.0636. The Kier molecular flexibility index (Phi) is 10.00. The number of halogens is 3. The van der Waals surface area contributed by atoms with Gasteiger partial charge in [0, 0.05) is 37.3 Å². The molecule has 2 saturated heterocycles. The maximum Gasteiger partial charge on any atom is 0.471 e. The number of alkyl halides is 3. The van der Waals surface area contributed by atoms with Gasteiger partial charge in [-0.05, 0) is 48.7 Å². The fourth-order valence-corrected chi connectivity index (χ4v) is 5.77. The topological polar surface area (TPSA) is 91.3 Å². The lowest BCUT2D eigenvalue weighted by Gasteiger charge is -2.38. The van der Waals surface area contributed by atoms with Crippen LogP contribution in [0.15, 0.2) is 78.9 Å². The van der Waals surface area contributed by atoms with Crippen LogP contribution in [-0.2, 0) is 32.2 Å². The number of benzene rings is 3. The Balaban J connectivity index is 1.32. The minimum atomic E-state index is -5.04. The Morgan fingerprint density at radius 3 is 2.43 bits per heavy atom. The molecule has 11 heteroatoms. The van der Waals surface area contributed by atoms with Crippen LogP contribution < -0.4 is 5.32 Å². The van der Waals surface area contributed by atoms with E-state index in [0.29, 0.717) is 35.5 Å². The van der Waals surface area contributed by atoms with Crippen LogP contribution in [0.1, 0.15) is 53.9 Å². The molecular weight excluding hydrogens is 575 g/mol. The maximum atomic E-state index is 13.1. The standard InChI is InChI=1S/C33H36F3N3O5/c1-38(19-22-7-3-2-4-8-22)20-27-18-29(24-14-12-23(21-40)13-15-24)44-31(43-27)25-9-5-10-26(17-25)37-30(41)28-11-6-16-39(28)32(42)33(34,35)36/h2-5,7-10,12-15,17,27-29,31,40H,6,11,16,18-21H2,1H3,(H,37,41)/t27-,28-,29+,31+/m0/s1. The quantitative estimate of drug-likeness (QED) is 0.339. The maximum absolute atomic E-state index is 13.1. The van der Waals surface area contributed by atoms with Crippen LogP contribution in [0.25, 0.3) is 0 Å². The molecule has 2 amide bonds. The number of anilines is 1. The first-order valence-corrected chi connectivity index (χ1v) is 14.6. The summed E-state index contributed by atoms with van der Waals surface area (Å²) in [6.07, 6.45) is -5.29. The van der Waals surface area contributed by atoms with Crippen LogP contribution in [0, 0.1) is 0 Å². The number of likely N-dealkylation sites (tertiary alicyclic amines) is 1. The van der Waals surface area contributed by atoms with E-state index in [9.17, 15) is 27.9 Å². The molecular formula is C33H36F3N3O5. The first-order chi connectivity index (χ1) is 21.1. The number of hydrogen-bond acceptors (Lipinski definition) is 6. The molecule has 0 spiro atoms. The smallest absolute Gasteiger partial charge is 0.392 e. The van der Waals surface area contributed by atoms with Gasteiger partial charge in [0.15, 0.2) is 6.29 Å². The van der Waals surface area contributed by atoms with Gasteiger partial charge in [-0.25, -0.2) is 0 Å². The van der Waals surface area contributed by atoms with E-state index >= 15 is 0 Å². The fourth-order valence-electron chi connectivity index (χ4n) is 5.77. The van der Waals surface area contributed by atoms with Crippen LogP contribution in [-0.4, -0.2) is 65.2 Å². The lowest BCUT2D eigenvalue weighted by molar-refractivity contribution is -0.252. The molecule has 8 nitrogen and oxygen atoms in total.